The molecule has 5 heteroatoms. The highest BCUT2D eigenvalue weighted by Crippen LogP contribution is 2.18. The molecule has 0 radical (unpaired) electrons. The molecule has 27 heavy (non-hydrogen) atoms. The number of benzene rings is 2. The van der Waals surface area contributed by atoms with Crippen molar-refractivity contribution in [3.8, 4) is 5.75 Å². The molecular weight excluding hydrogens is 340 g/mol. The van der Waals surface area contributed by atoms with Crippen LogP contribution in [0.2, 0.25) is 0 Å². The summed E-state index contributed by atoms with van der Waals surface area (Å²) < 4.78 is 5.13. The van der Waals surface area contributed by atoms with Crippen molar-refractivity contribution in [3.05, 3.63) is 65.2 Å². The number of methoxy groups -OCH3 is 1. The number of amides is 2. The highest BCUT2D eigenvalue weighted by molar-refractivity contribution is 5.99. The molecule has 0 bridgehead atoms. The maximum absolute atomic E-state index is 12.5. The van der Waals surface area contributed by atoms with Crippen molar-refractivity contribution < 1.29 is 14.3 Å². The number of hydrogen-bond donors (Lipinski definition) is 2. The van der Waals surface area contributed by atoms with Crippen molar-refractivity contribution in [1.82, 2.24) is 10.6 Å². The number of nitrogens with one attached hydrogen (secondary N) is 2. The lowest BCUT2D eigenvalue weighted by Crippen LogP contribution is -2.36. The van der Waals surface area contributed by atoms with Crippen LogP contribution in [0.1, 0.15) is 58.4 Å². The third-order valence-corrected chi connectivity index (χ3v) is 4.94. The standard InChI is InChI=1S/C22H26N2O3/c1-27-20-12-10-16(11-13-20)15-23-21(25)17-6-5-7-18(14-17)22(26)24-19-8-3-2-4-9-19/h5-7,10-14,19H,2-4,8-9,15H2,1H3,(H,23,25)(H,24,26). The molecule has 1 aliphatic rings. The van der Waals surface area contributed by atoms with E-state index in [9.17, 15) is 9.59 Å². The minimum absolute atomic E-state index is 0.105. The zero-order valence-electron chi connectivity index (χ0n) is 15.7. The molecule has 2 aromatic rings. The van der Waals surface area contributed by atoms with Crippen LogP contribution in [-0.2, 0) is 6.54 Å². The first kappa shape index (κ1) is 19.0. The summed E-state index contributed by atoms with van der Waals surface area (Å²) in [6.45, 7) is 0.418. The van der Waals surface area contributed by atoms with Crippen molar-refractivity contribution in [3.63, 3.8) is 0 Å². The van der Waals surface area contributed by atoms with Crippen LogP contribution in [-0.4, -0.2) is 25.0 Å². The molecule has 1 aliphatic carbocycles. The van der Waals surface area contributed by atoms with Crippen LogP contribution in [0.15, 0.2) is 48.5 Å². The highest BCUT2D eigenvalue weighted by atomic mass is 16.5. The van der Waals surface area contributed by atoms with Crippen molar-refractivity contribution in [1.29, 1.82) is 0 Å². The maximum Gasteiger partial charge on any atom is 0.251 e. The summed E-state index contributed by atoms with van der Waals surface area (Å²) in [5, 5.41) is 5.98. The third kappa shape index (κ3) is 5.33. The van der Waals surface area contributed by atoms with Crippen LogP contribution in [0.25, 0.3) is 0 Å². The molecule has 0 heterocycles. The number of hydrogen-bond acceptors (Lipinski definition) is 3. The van der Waals surface area contributed by atoms with Gasteiger partial charge in [-0.15, -0.1) is 0 Å². The zero-order chi connectivity index (χ0) is 19.1. The summed E-state index contributed by atoms with van der Waals surface area (Å²) in [7, 11) is 1.62. The van der Waals surface area contributed by atoms with E-state index in [2.05, 4.69) is 10.6 Å². The molecule has 142 valence electrons. The van der Waals surface area contributed by atoms with Crippen molar-refractivity contribution in [2.75, 3.05) is 7.11 Å². The van der Waals surface area contributed by atoms with Gasteiger partial charge in [0.05, 0.1) is 7.11 Å². The predicted molar refractivity (Wildman–Crippen MR) is 105 cm³/mol. The van der Waals surface area contributed by atoms with E-state index in [0.29, 0.717) is 17.7 Å². The number of carbonyl (C=O) groups is 2. The van der Waals surface area contributed by atoms with Gasteiger partial charge in [-0.1, -0.05) is 37.5 Å². The Morgan fingerprint density at radius 3 is 2.30 bits per heavy atom. The molecule has 0 aromatic heterocycles. The molecule has 0 unspecified atom stereocenters. The Morgan fingerprint density at radius 1 is 0.963 bits per heavy atom. The first-order chi connectivity index (χ1) is 13.2. The van der Waals surface area contributed by atoms with Gasteiger partial charge in [-0.05, 0) is 48.7 Å². The molecule has 5 nitrogen and oxygen atoms in total. The molecule has 0 saturated heterocycles. The van der Waals surface area contributed by atoms with E-state index in [4.69, 9.17) is 4.74 Å². The Labute approximate surface area is 160 Å². The minimum Gasteiger partial charge on any atom is -0.497 e. The second-order valence-electron chi connectivity index (χ2n) is 6.92. The molecule has 1 saturated carbocycles. The van der Waals surface area contributed by atoms with E-state index in [1.165, 1.54) is 19.3 Å². The van der Waals surface area contributed by atoms with Gasteiger partial charge in [0.25, 0.3) is 11.8 Å². The summed E-state index contributed by atoms with van der Waals surface area (Å²) in [6, 6.07) is 14.7. The minimum atomic E-state index is -0.196. The van der Waals surface area contributed by atoms with Gasteiger partial charge in [-0.3, -0.25) is 9.59 Å². The summed E-state index contributed by atoms with van der Waals surface area (Å²) in [4.78, 5) is 24.9. The lowest BCUT2D eigenvalue weighted by molar-refractivity contribution is 0.0927. The molecule has 3 rings (SSSR count). The van der Waals surface area contributed by atoms with E-state index >= 15 is 0 Å². The van der Waals surface area contributed by atoms with Gasteiger partial charge in [-0.25, -0.2) is 0 Å². The van der Waals surface area contributed by atoms with E-state index in [1.807, 2.05) is 24.3 Å². The van der Waals surface area contributed by atoms with E-state index < -0.39 is 0 Å². The van der Waals surface area contributed by atoms with Gasteiger partial charge in [0, 0.05) is 23.7 Å². The van der Waals surface area contributed by atoms with Gasteiger partial charge in [-0.2, -0.15) is 0 Å². The normalized spacial score (nSPS) is 14.4. The molecule has 0 aliphatic heterocycles. The van der Waals surface area contributed by atoms with Gasteiger partial charge in [0.15, 0.2) is 0 Å². The van der Waals surface area contributed by atoms with Crippen LogP contribution in [0.3, 0.4) is 0 Å². The first-order valence-corrected chi connectivity index (χ1v) is 9.48. The highest BCUT2D eigenvalue weighted by Gasteiger charge is 2.17. The fourth-order valence-electron chi connectivity index (χ4n) is 3.35. The van der Waals surface area contributed by atoms with Crippen LogP contribution < -0.4 is 15.4 Å². The predicted octanol–water partition coefficient (Wildman–Crippen LogP) is 3.69. The largest absolute Gasteiger partial charge is 0.497 e. The van der Waals surface area contributed by atoms with Crippen molar-refractivity contribution in [2.24, 2.45) is 0 Å². The Kier molecular flexibility index (Phi) is 6.47. The second kappa shape index (κ2) is 9.21. The Bertz CT molecular complexity index is 780. The fourth-order valence-corrected chi connectivity index (χ4v) is 3.35. The van der Waals surface area contributed by atoms with E-state index in [-0.39, 0.29) is 17.9 Å². The van der Waals surface area contributed by atoms with Gasteiger partial charge < -0.3 is 15.4 Å². The Balaban J connectivity index is 1.58. The van der Waals surface area contributed by atoms with Gasteiger partial charge >= 0.3 is 0 Å². The zero-order valence-corrected chi connectivity index (χ0v) is 15.7. The fraction of sp³-hybridized carbons (Fsp3) is 0.364. The lowest BCUT2D eigenvalue weighted by Gasteiger charge is -2.22. The van der Waals surface area contributed by atoms with Crippen molar-refractivity contribution >= 4 is 11.8 Å². The molecular formula is C22H26N2O3. The quantitative estimate of drug-likeness (QED) is 0.819. The number of carbonyl (C=O) groups excluding carboxylic acids is 2. The van der Waals surface area contributed by atoms with Crippen LogP contribution in [0, 0.1) is 0 Å². The van der Waals surface area contributed by atoms with Gasteiger partial charge in [0.2, 0.25) is 0 Å². The lowest BCUT2D eigenvalue weighted by atomic mass is 9.95. The second-order valence-corrected chi connectivity index (χ2v) is 6.92. The number of rotatable bonds is 6. The van der Waals surface area contributed by atoms with Crippen LogP contribution in [0.4, 0.5) is 0 Å². The average Bonchev–Trinajstić information content (AvgIpc) is 2.73. The smallest absolute Gasteiger partial charge is 0.251 e. The average molecular weight is 366 g/mol. The Hall–Kier alpha value is -2.82. The topological polar surface area (TPSA) is 67.4 Å². The van der Waals surface area contributed by atoms with E-state index in [1.54, 1.807) is 31.4 Å². The number of ether oxygens (including phenoxy) is 1. The summed E-state index contributed by atoms with van der Waals surface area (Å²) >= 11 is 0. The molecule has 2 aromatic carbocycles. The summed E-state index contributed by atoms with van der Waals surface area (Å²) in [5.41, 5.74) is 1.99. The monoisotopic (exact) mass is 366 g/mol. The van der Waals surface area contributed by atoms with Crippen LogP contribution >= 0.6 is 0 Å². The summed E-state index contributed by atoms with van der Waals surface area (Å²) in [5.74, 6) is 0.478. The molecule has 2 N–H and O–H groups in total. The molecule has 0 spiro atoms. The Morgan fingerprint density at radius 2 is 1.63 bits per heavy atom. The van der Waals surface area contributed by atoms with Crippen LogP contribution in [0.5, 0.6) is 5.75 Å². The first-order valence-electron chi connectivity index (χ1n) is 9.48. The summed E-state index contributed by atoms with van der Waals surface area (Å²) in [6.07, 6.45) is 5.65. The molecule has 0 atom stereocenters. The van der Waals surface area contributed by atoms with Crippen molar-refractivity contribution in [2.45, 2.75) is 44.7 Å². The SMILES string of the molecule is COc1ccc(CNC(=O)c2cccc(C(=O)NC3CCCCC3)c2)cc1. The molecule has 1 fully saturated rings. The third-order valence-electron chi connectivity index (χ3n) is 4.94. The van der Waals surface area contributed by atoms with Gasteiger partial charge in [0.1, 0.15) is 5.75 Å². The molecule has 2 amide bonds. The maximum atomic E-state index is 12.5. The van der Waals surface area contributed by atoms with E-state index in [0.717, 1.165) is 24.2 Å².